The first-order valence-electron chi connectivity index (χ1n) is 9.57. The zero-order valence-electron chi connectivity index (χ0n) is 16.6. The van der Waals surface area contributed by atoms with E-state index in [9.17, 15) is 14.9 Å². The SMILES string of the molecule is O=C(CN(Cc1ccccc1)Cc1ccccc1)NN=Cc1ccc(Cl)c([N+](=O)[O-])c1. The van der Waals surface area contributed by atoms with Gasteiger partial charge in [0.25, 0.3) is 11.6 Å². The summed E-state index contributed by atoms with van der Waals surface area (Å²) in [5.41, 5.74) is 4.93. The zero-order chi connectivity index (χ0) is 22.1. The van der Waals surface area contributed by atoms with E-state index in [-0.39, 0.29) is 23.2 Å². The first-order chi connectivity index (χ1) is 15.0. The molecule has 0 atom stereocenters. The number of carbonyl (C=O) groups excluding carboxylic acids is 1. The van der Waals surface area contributed by atoms with Gasteiger partial charge in [0.2, 0.25) is 0 Å². The zero-order valence-corrected chi connectivity index (χ0v) is 17.4. The van der Waals surface area contributed by atoms with Gasteiger partial charge in [-0.2, -0.15) is 5.10 Å². The molecule has 0 unspecified atom stereocenters. The highest BCUT2D eigenvalue weighted by Gasteiger charge is 2.13. The second kappa shape index (κ2) is 11.0. The summed E-state index contributed by atoms with van der Waals surface area (Å²) >= 11 is 5.80. The molecule has 0 fully saturated rings. The van der Waals surface area contributed by atoms with E-state index in [1.54, 1.807) is 6.07 Å². The average Bonchev–Trinajstić information content (AvgIpc) is 2.76. The van der Waals surface area contributed by atoms with Crippen molar-refractivity contribution in [2.24, 2.45) is 5.10 Å². The fourth-order valence-electron chi connectivity index (χ4n) is 3.02. The molecule has 0 heterocycles. The molecular formula is C23H21ClN4O3. The molecule has 0 spiro atoms. The lowest BCUT2D eigenvalue weighted by Crippen LogP contribution is -2.34. The maximum Gasteiger partial charge on any atom is 0.288 e. The van der Waals surface area contributed by atoms with Crippen LogP contribution in [0.25, 0.3) is 0 Å². The van der Waals surface area contributed by atoms with Crippen LogP contribution in [0, 0.1) is 10.1 Å². The predicted molar refractivity (Wildman–Crippen MR) is 121 cm³/mol. The van der Waals surface area contributed by atoms with Crippen LogP contribution in [0.5, 0.6) is 0 Å². The highest BCUT2D eigenvalue weighted by atomic mass is 35.5. The van der Waals surface area contributed by atoms with Crippen molar-refractivity contribution in [2.45, 2.75) is 13.1 Å². The standard InChI is InChI=1S/C23H21ClN4O3/c24-21-12-11-20(13-22(21)28(30)31)14-25-26-23(29)17-27(15-18-7-3-1-4-8-18)16-19-9-5-2-6-10-19/h1-14H,15-17H2,(H,26,29). The summed E-state index contributed by atoms with van der Waals surface area (Å²) in [6.45, 7) is 1.36. The molecule has 0 aliphatic rings. The van der Waals surface area contributed by atoms with Crippen molar-refractivity contribution >= 4 is 29.4 Å². The van der Waals surface area contributed by atoms with Crippen molar-refractivity contribution in [3.05, 3.63) is 111 Å². The number of halogens is 1. The molecule has 1 amide bonds. The van der Waals surface area contributed by atoms with Gasteiger partial charge in [0.05, 0.1) is 17.7 Å². The van der Waals surface area contributed by atoms with Gasteiger partial charge in [-0.1, -0.05) is 78.3 Å². The highest BCUT2D eigenvalue weighted by molar-refractivity contribution is 6.32. The van der Waals surface area contributed by atoms with Gasteiger partial charge in [-0.3, -0.25) is 19.8 Å². The lowest BCUT2D eigenvalue weighted by atomic mass is 10.1. The molecule has 0 saturated heterocycles. The van der Waals surface area contributed by atoms with Gasteiger partial charge in [0.15, 0.2) is 0 Å². The van der Waals surface area contributed by atoms with Crippen LogP contribution >= 0.6 is 11.6 Å². The maximum atomic E-state index is 12.5. The Labute approximate surface area is 185 Å². The van der Waals surface area contributed by atoms with Gasteiger partial charge in [0, 0.05) is 24.7 Å². The van der Waals surface area contributed by atoms with Crippen LogP contribution < -0.4 is 5.43 Å². The van der Waals surface area contributed by atoms with Crippen molar-refractivity contribution in [3.63, 3.8) is 0 Å². The fourth-order valence-corrected chi connectivity index (χ4v) is 3.20. The number of hydrogen-bond acceptors (Lipinski definition) is 5. The number of hydrazone groups is 1. The summed E-state index contributed by atoms with van der Waals surface area (Å²) in [6.07, 6.45) is 1.35. The van der Waals surface area contributed by atoms with E-state index in [0.29, 0.717) is 18.7 Å². The normalized spacial score (nSPS) is 11.0. The van der Waals surface area contributed by atoms with Crippen molar-refractivity contribution in [3.8, 4) is 0 Å². The lowest BCUT2D eigenvalue weighted by molar-refractivity contribution is -0.384. The van der Waals surface area contributed by atoms with Crippen LogP contribution in [0.1, 0.15) is 16.7 Å². The number of nitrogens with zero attached hydrogens (tertiary/aromatic N) is 3. The Morgan fingerprint density at radius 1 is 1.00 bits per heavy atom. The molecule has 7 nitrogen and oxygen atoms in total. The summed E-state index contributed by atoms with van der Waals surface area (Å²) in [5, 5.41) is 14.9. The third-order valence-corrected chi connectivity index (χ3v) is 4.75. The minimum atomic E-state index is -0.566. The Morgan fingerprint density at radius 3 is 2.13 bits per heavy atom. The Morgan fingerprint density at radius 2 is 1.58 bits per heavy atom. The average molecular weight is 437 g/mol. The van der Waals surface area contributed by atoms with Crippen LogP contribution in [-0.4, -0.2) is 28.5 Å². The molecule has 158 valence electrons. The molecular weight excluding hydrogens is 416 g/mol. The molecule has 0 radical (unpaired) electrons. The second-order valence-electron chi connectivity index (χ2n) is 6.88. The van der Waals surface area contributed by atoms with Crippen molar-refractivity contribution in [1.82, 2.24) is 10.3 Å². The minimum Gasteiger partial charge on any atom is -0.286 e. The molecule has 0 bridgehead atoms. The quantitative estimate of drug-likeness (QED) is 0.306. The van der Waals surface area contributed by atoms with E-state index >= 15 is 0 Å². The molecule has 3 aromatic rings. The number of rotatable bonds is 9. The van der Waals surface area contributed by atoms with E-state index in [0.717, 1.165) is 11.1 Å². The number of nitro groups is 1. The van der Waals surface area contributed by atoms with Gasteiger partial charge in [-0.25, -0.2) is 5.43 Å². The molecule has 0 saturated carbocycles. The number of amides is 1. The minimum absolute atomic E-state index is 0.0450. The van der Waals surface area contributed by atoms with Crippen LogP contribution in [0.3, 0.4) is 0 Å². The van der Waals surface area contributed by atoms with Gasteiger partial charge in [-0.05, 0) is 17.2 Å². The van der Waals surface area contributed by atoms with Crippen LogP contribution in [0.4, 0.5) is 5.69 Å². The van der Waals surface area contributed by atoms with E-state index in [2.05, 4.69) is 10.5 Å². The summed E-state index contributed by atoms with van der Waals surface area (Å²) in [4.78, 5) is 24.9. The number of hydrogen-bond donors (Lipinski definition) is 1. The number of nitro benzene ring substituents is 1. The van der Waals surface area contributed by atoms with Gasteiger partial charge in [0.1, 0.15) is 5.02 Å². The molecule has 0 aliphatic carbocycles. The van der Waals surface area contributed by atoms with Crippen LogP contribution in [0.2, 0.25) is 5.02 Å². The second-order valence-corrected chi connectivity index (χ2v) is 7.28. The van der Waals surface area contributed by atoms with E-state index < -0.39 is 4.92 Å². The first kappa shape index (κ1) is 22.1. The number of carbonyl (C=O) groups is 1. The predicted octanol–water partition coefficient (Wildman–Crippen LogP) is 4.40. The largest absolute Gasteiger partial charge is 0.288 e. The van der Waals surface area contributed by atoms with E-state index in [1.807, 2.05) is 65.6 Å². The monoisotopic (exact) mass is 436 g/mol. The Hall–Kier alpha value is -3.55. The third-order valence-electron chi connectivity index (χ3n) is 4.43. The van der Waals surface area contributed by atoms with Crippen molar-refractivity contribution < 1.29 is 9.72 Å². The Bertz CT molecular complexity index is 1020. The van der Waals surface area contributed by atoms with E-state index in [1.165, 1.54) is 18.3 Å². The maximum absolute atomic E-state index is 12.5. The number of nitrogens with one attached hydrogen (secondary N) is 1. The molecule has 3 rings (SSSR count). The summed E-state index contributed by atoms with van der Waals surface area (Å²) in [7, 11) is 0. The summed E-state index contributed by atoms with van der Waals surface area (Å²) in [6, 6.07) is 24.1. The van der Waals surface area contributed by atoms with Crippen LogP contribution in [-0.2, 0) is 17.9 Å². The topological polar surface area (TPSA) is 87.8 Å². The molecule has 8 heteroatoms. The summed E-state index contributed by atoms with van der Waals surface area (Å²) in [5.74, 6) is -0.286. The first-order valence-corrected chi connectivity index (χ1v) is 9.95. The molecule has 0 aromatic heterocycles. The van der Waals surface area contributed by atoms with Crippen molar-refractivity contribution in [1.29, 1.82) is 0 Å². The fraction of sp³-hybridized carbons (Fsp3) is 0.130. The number of benzene rings is 3. The third kappa shape index (κ3) is 7.02. The van der Waals surface area contributed by atoms with E-state index in [4.69, 9.17) is 11.6 Å². The van der Waals surface area contributed by atoms with Gasteiger partial charge < -0.3 is 0 Å². The van der Waals surface area contributed by atoms with Gasteiger partial charge >= 0.3 is 0 Å². The molecule has 31 heavy (non-hydrogen) atoms. The molecule has 0 aliphatic heterocycles. The van der Waals surface area contributed by atoms with Crippen LogP contribution in [0.15, 0.2) is 84.0 Å². The Kier molecular flexibility index (Phi) is 7.86. The highest BCUT2D eigenvalue weighted by Crippen LogP contribution is 2.24. The lowest BCUT2D eigenvalue weighted by Gasteiger charge is -2.21. The summed E-state index contributed by atoms with van der Waals surface area (Å²) < 4.78 is 0. The smallest absolute Gasteiger partial charge is 0.286 e. The Balaban J connectivity index is 1.63. The van der Waals surface area contributed by atoms with Crippen molar-refractivity contribution in [2.75, 3.05) is 6.54 Å². The van der Waals surface area contributed by atoms with Gasteiger partial charge in [-0.15, -0.1) is 0 Å². The molecule has 3 aromatic carbocycles. The molecule has 1 N–H and O–H groups in total.